The van der Waals surface area contributed by atoms with E-state index in [0.717, 1.165) is 4.57 Å². The number of nitrogens with zero attached hydrogens (tertiary/aromatic N) is 2. The number of hydrogen-bond donors (Lipinski definition) is 2. The molecule has 5 atom stereocenters. The number of anilines is 1. The van der Waals surface area contributed by atoms with Crippen LogP contribution < -0.4 is 31.0 Å². The van der Waals surface area contributed by atoms with E-state index < -0.39 is 54.2 Å². The number of rotatable bonds is 8. The minimum absolute atomic E-state index is 0.0281. The Morgan fingerprint density at radius 2 is 1.90 bits per heavy atom. The van der Waals surface area contributed by atoms with Crippen LogP contribution in [0.15, 0.2) is 11.0 Å². The zero-order valence-electron chi connectivity index (χ0n) is 13.8. The predicted octanol–water partition coefficient (Wildman–Crippen LogP) is -3.11. The van der Waals surface area contributed by atoms with Gasteiger partial charge in [-0.2, -0.15) is 4.98 Å². The molecule has 1 saturated heterocycles. The first kappa shape index (κ1) is 25.0. The highest BCUT2D eigenvalue weighted by Gasteiger charge is 2.37. The summed E-state index contributed by atoms with van der Waals surface area (Å²) in [6, 6.07) is 0. The number of hydrogen-bond acceptors (Lipinski definition) is 15. The summed E-state index contributed by atoms with van der Waals surface area (Å²) in [6.07, 6.45) is -2.66. The third-order valence-electron chi connectivity index (χ3n) is 3.25. The van der Waals surface area contributed by atoms with Crippen LogP contribution in [0, 0.1) is 3.57 Å². The number of aliphatic hydroxyl groups excluding tert-OH is 1. The molecule has 0 bridgehead atoms. The zero-order valence-corrected chi connectivity index (χ0v) is 18.6. The van der Waals surface area contributed by atoms with Crippen molar-refractivity contribution in [2.45, 2.75) is 24.9 Å². The third kappa shape index (κ3) is 7.43. The van der Waals surface area contributed by atoms with Crippen molar-refractivity contribution in [3.63, 3.8) is 0 Å². The third-order valence-corrected chi connectivity index (χ3v) is 7.74. The van der Waals surface area contributed by atoms with E-state index in [1.54, 1.807) is 22.6 Å². The van der Waals surface area contributed by atoms with Crippen LogP contribution in [0.25, 0.3) is 0 Å². The molecule has 5 unspecified atom stereocenters. The molecule has 0 aromatic carbocycles. The van der Waals surface area contributed by atoms with Crippen molar-refractivity contribution in [1.29, 1.82) is 0 Å². The van der Waals surface area contributed by atoms with Gasteiger partial charge in [-0.15, -0.1) is 0 Å². The molecule has 2 heterocycles. The van der Waals surface area contributed by atoms with Crippen LogP contribution in [-0.2, 0) is 31.6 Å². The normalized spacial score (nSPS) is 26.8. The molecule has 0 amide bonds. The highest BCUT2D eigenvalue weighted by molar-refractivity contribution is 14.1. The van der Waals surface area contributed by atoms with E-state index in [1.165, 1.54) is 6.20 Å². The highest BCUT2D eigenvalue weighted by Crippen LogP contribution is 2.60. The molecule has 1 aromatic rings. The molecule has 0 radical (unpaired) electrons. The molecule has 29 heavy (non-hydrogen) atoms. The second kappa shape index (κ2) is 9.08. The molecular formula is C9H11IN3O13P3-4. The molecule has 16 nitrogen and oxygen atoms in total. The molecule has 1 aliphatic heterocycles. The Balaban J connectivity index is 2.02. The van der Waals surface area contributed by atoms with Gasteiger partial charge >= 0.3 is 5.69 Å². The lowest BCUT2D eigenvalue weighted by Gasteiger charge is -2.37. The van der Waals surface area contributed by atoms with Gasteiger partial charge in [-0.05, 0) is 22.6 Å². The van der Waals surface area contributed by atoms with Crippen LogP contribution in [0.2, 0.25) is 0 Å². The lowest BCUT2D eigenvalue weighted by atomic mass is 10.2. The molecular weight excluding hydrogens is 578 g/mol. The predicted molar refractivity (Wildman–Crippen MR) is 91.1 cm³/mol. The van der Waals surface area contributed by atoms with Crippen molar-refractivity contribution in [2.75, 3.05) is 12.3 Å². The number of ether oxygens (including phenoxy) is 1. The fourth-order valence-electron chi connectivity index (χ4n) is 2.15. The maximum absolute atomic E-state index is 11.9. The van der Waals surface area contributed by atoms with E-state index in [2.05, 4.69) is 18.1 Å². The van der Waals surface area contributed by atoms with Crippen molar-refractivity contribution in [3.8, 4) is 0 Å². The molecule has 1 aliphatic rings. The summed E-state index contributed by atoms with van der Waals surface area (Å²) in [6.45, 7) is -0.973. The number of aliphatic hydroxyl groups is 1. The second-order valence-corrected chi connectivity index (χ2v) is 10.8. The Hall–Kier alpha value is -0.260. The fraction of sp³-hybridized carbons (Fsp3) is 0.556. The maximum atomic E-state index is 11.9. The molecule has 0 aliphatic carbocycles. The summed E-state index contributed by atoms with van der Waals surface area (Å²) in [5.74, 6) is -0.0281. The van der Waals surface area contributed by atoms with Crippen molar-refractivity contribution in [2.24, 2.45) is 0 Å². The van der Waals surface area contributed by atoms with Crippen LogP contribution >= 0.6 is 46.1 Å². The van der Waals surface area contributed by atoms with E-state index in [9.17, 15) is 43.2 Å². The largest absolute Gasteiger partial charge is 0.790 e. The van der Waals surface area contributed by atoms with E-state index in [-0.39, 0.29) is 12.2 Å². The summed E-state index contributed by atoms with van der Waals surface area (Å²) in [7, 11) is -17.9. The summed E-state index contributed by atoms with van der Waals surface area (Å²) >= 11 is 1.80. The highest BCUT2D eigenvalue weighted by atomic mass is 127. The van der Waals surface area contributed by atoms with Gasteiger partial charge in [0, 0.05) is 12.6 Å². The van der Waals surface area contributed by atoms with Gasteiger partial charge in [0.05, 0.1) is 24.1 Å². The average Bonchev–Trinajstić information content (AvgIpc) is 2.86. The van der Waals surface area contributed by atoms with Gasteiger partial charge in [0.1, 0.15) is 18.1 Å². The van der Waals surface area contributed by atoms with Gasteiger partial charge in [-0.1, -0.05) is 0 Å². The molecule has 2 rings (SSSR count). The quantitative estimate of drug-likeness (QED) is 0.225. The van der Waals surface area contributed by atoms with Crippen molar-refractivity contribution < 1.29 is 56.3 Å². The van der Waals surface area contributed by atoms with E-state index in [1.807, 2.05) is 0 Å². The number of nitrogens with two attached hydrogens (primary N) is 1. The molecule has 0 spiro atoms. The number of phosphoric ester groups is 1. The SMILES string of the molecule is Nc1nc(=O)n(C2CC(O)C(COP(=O)([O-])OP(=O)([O-])OP(=O)([O-])[O-])O2)cc1I. The smallest absolute Gasteiger partial charge is 0.351 e. The van der Waals surface area contributed by atoms with Crippen molar-refractivity contribution in [3.05, 3.63) is 20.3 Å². The van der Waals surface area contributed by atoms with Crippen molar-refractivity contribution in [1.82, 2.24) is 9.55 Å². The van der Waals surface area contributed by atoms with Gasteiger partial charge in [0.15, 0.2) is 0 Å². The minimum Gasteiger partial charge on any atom is -0.790 e. The van der Waals surface area contributed by atoms with Crippen molar-refractivity contribution >= 4 is 51.9 Å². The van der Waals surface area contributed by atoms with Gasteiger partial charge in [0.2, 0.25) is 0 Å². The summed E-state index contributed by atoms with van der Waals surface area (Å²) in [4.78, 5) is 58.5. The fourth-order valence-corrected chi connectivity index (χ4v) is 5.43. The molecule has 0 saturated carbocycles. The van der Waals surface area contributed by atoms with Gasteiger partial charge in [-0.3, -0.25) is 18.0 Å². The Kier molecular flexibility index (Phi) is 7.83. The van der Waals surface area contributed by atoms with Gasteiger partial charge in [0.25, 0.3) is 15.6 Å². The number of halogens is 1. The Labute approximate surface area is 175 Å². The van der Waals surface area contributed by atoms with Crippen LogP contribution in [0.3, 0.4) is 0 Å². The Morgan fingerprint density at radius 1 is 1.28 bits per heavy atom. The minimum atomic E-state index is -6.11. The Morgan fingerprint density at radius 3 is 2.48 bits per heavy atom. The molecule has 3 N–H and O–H groups in total. The van der Waals surface area contributed by atoms with Crippen LogP contribution in [0.4, 0.5) is 5.82 Å². The standard InChI is InChI=1S/C9H15IN3O13P3/c10-4-2-13(9(15)12-8(4)11)7-1-5(14)6(24-7)3-23-28(19,20)26-29(21,22)25-27(16,17)18/h2,5-7,14H,1,3H2,(H,19,20)(H,21,22)(H2,11,12,15)(H2,16,17,18)/p-4. The van der Waals surface area contributed by atoms with E-state index in [4.69, 9.17) is 10.5 Å². The first-order chi connectivity index (χ1) is 13.1. The molecule has 1 fully saturated rings. The monoisotopic (exact) mass is 589 g/mol. The molecule has 20 heteroatoms. The zero-order chi connectivity index (χ0) is 22.2. The van der Waals surface area contributed by atoms with Crippen LogP contribution in [-0.4, -0.2) is 33.5 Å². The Bertz CT molecular complexity index is 965. The summed E-state index contributed by atoms with van der Waals surface area (Å²) in [5.41, 5.74) is 4.69. The summed E-state index contributed by atoms with van der Waals surface area (Å²) in [5, 5.41) is 9.96. The van der Waals surface area contributed by atoms with Gasteiger partial charge in [-0.25, -0.2) is 9.11 Å². The average molecular weight is 589 g/mol. The summed E-state index contributed by atoms with van der Waals surface area (Å²) < 4.78 is 50.2. The van der Waals surface area contributed by atoms with Crippen LogP contribution in [0.1, 0.15) is 12.6 Å². The first-order valence-corrected chi connectivity index (χ1v) is 12.6. The lowest BCUT2D eigenvalue weighted by Crippen LogP contribution is -2.29. The lowest BCUT2D eigenvalue weighted by molar-refractivity contribution is -0.339. The number of phosphoric acid groups is 3. The topological polar surface area (TPSA) is 262 Å². The maximum Gasteiger partial charge on any atom is 0.351 e. The van der Waals surface area contributed by atoms with E-state index in [0.29, 0.717) is 3.57 Å². The van der Waals surface area contributed by atoms with Gasteiger partial charge < -0.3 is 44.2 Å². The van der Waals surface area contributed by atoms with E-state index >= 15 is 0 Å². The molecule has 166 valence electrons. The number of nitrogen functional groups attached to an aromatic ring is 1. The second-order valence-electron chi connectivity index (χ2n) is 5.40. The molecule has 1 aromatic heterocycles. The number of aromatic nitrogens is 2. The first-order valence-electron chi connectivity index (χ1n) is 7.17. The van der Waals surface area contributed by atoms with Crippen LogP contribution in [0.5, 0.6) is 0 Å².